The fourth-order valence-electron chi connectivity index (χ4n) is 6.99. The van der Waals surface area contributed by atoms with Gasteiger partial charge in [0.05, 0.1) is 0 Å². The first-order valence-corrected chi connectivity index (χ1v) is 26.7. The van der Waals surface area contributed by atoms with E-state index in [0.29, 0.717) is 19.3 Å². The van der Waals surface area contributed by atoms with Gasteiger partial charge in [0.1, 0.15) is 13.2 Å². The quantitative estimate of drug-likeness (QED) is 0.0262. The predicted molar refractivity (Wildman–Crippen MR) is 279 cm³/mol. The Balaban J connectivity index is 4.55. The molecular weight excluding hydrogens is 805 g/mol. The van der Waals surface area contributed by atoms with Gasteiger partial charge in [-0.05, 0) is 109 Å². The Kier molecular flexibility index (Phi) is 50.0. The predicted octanol–water partition coefficient (Wildman–Crippen LogP) is 17.8. The minimum Gasteiger partial charge on any atom is -0.462 e. The van der Waals surface area contributed by atoms with E-state index in [1.54, 1.807) is 0 Å². The topological polar surface area (TPSA) is 78.9 Å². The molecule has 0 bridgehead atoms. The van der Waals surface area contributed by atoms with Crippen LogP contribution >= 0.6 is 0 Å². The molecule has 0 saturated carbocycles. The number of allylic oxidation sites excluding steroid dienone is 16. The smallest absolute Gasteiger partial charge is 0.306 e. The highest BCUT2D eigenvalue weighted by atomic mass is 16.6. The third kappa shape index (κ3) is 51.2. The van der Waals surface area contributed by atoms with Crippen LogP contribution in [0.5, 0.6) is 0 Å². The lowest BCUT2D eigenvalue weighted by atomic mass is 10.1. The van der Waals surface area contributed by atoms with Crippen molar-refractivity contribution in [3.8, 4) is 0 Å². The average Bonchev–Trinajstić information content (AvgIpc) is 3.30. The van der Waals surface area contributed by atoms with Crippen molar-refractivity contribution in [3.05, 3.63) is 97.2 Å². The molecule has 0 radical (unpaired) electrons. The molecule has 0 spiro atoms. The number of carbonyl (C=O) groups excluding carboxylic acids is 3. The van der Waals surface area contributed by atoms with Crippen LogP contribution in [0.1, 0.15) is 239 Å². The summed E-state index contributed by atoms with van der Waals surface area (Å²) in [4.78, 5) is 38.0. The second kappa shape index (κ2) is 52.9. The Labute approximate surface area is 400 Å². The summed E-state index contributed by atoms with van der Waals surface area (Å²) in [5.74, 6) is -1.06. The van der Waals surface area contributed by atoms with Crippen LogP contribution in [0.4, 0.5) is 0 Å². The Hall–Kier alpha value is -3.67. The lowest BCUT2D eigenvalue weighted by Gasteiger charge is -2.18. The molecule has 65 heavy (non-hydrogen) atoms. The zero-order valence-electron chi connectivity index (χ0n) is 42.2. The molecule has 0 aromatic carbocycles. The first kappa shape index (κ1) is 61.3. The highest BCUT2D eigenvalue weighted by Crippen LogP contribution is 2.13. The van der Waals surface area contributed by atoms with Crippen molar-refractivity contribution in [1.82, 2.24) is 0 Å². The Bertz CT molecular complexity index is 1310. The molecule has 0 aliphatic carbocycles. The molecule has 6 nitrogen and oxygen atoms in total. The molecule has 0 amide bonds. The molecule has 0 aromatic heterocycles. The van der Waals surface area contributed by atoms with Crippen LogP contribution < -0.4 is 0 Å². The molecular formula is C59H98O6. The van der Waals surface area contributed by atoms with Crippen molar-refractivity contribution in [2.75, 3.05) is 13.2 Å². The molecule has 6 heteroatoms. The van der Waals surface area contributed by atoms with Gasteiger partial charge in [0.2, 0.25) is 0 Å². The highest BCUT2D eigenvalue weighted by molar-refractivity contribution is 5.71. The largest absolute Gasteiger partial charge is 0.462 e. The van der Waals surface area contributed by atoms with Gasteiger partial charge < -0.3 is 14.2 Å². The number of hydrogen-bond acceptors (Lipinski definition) is 6. The highest BCUT2D eigenvalue weighted by Gasteiger charge is 2.19. The molecule has 0 aliphatic heterocycles. The van der Waals surface area contributed by atoms with E-state index >= 15 is 0 Å². The maximum Gasteiger partial charge on any atom is 0.306 e. The van der Waals surface area contributed by atoms with Crippen molar-refractivity contribution in [3.63, 3.8) is 0 Å². The van der Waals surface area contributed by atoms with E-state index in [4.69, 9.17) is 14.2 Å². The van der Waals surface area contributed by atoms with E-state index in [1.807, 2.05) is 6.08 Å². The van der Waals surface area contributed by atoms with Crippen LogP contribution in [0.15, 0.2) is 97.2 Å². The molecule has 0 heterocycles. The second-order valence-electron chi connectivity index (χ2n) is 17.4. The van der Waals surface area contributed by atoms with Crippen LogP contribution in [-0.2, 0) is 28.6 Å². The van der Waals surface area contributed by atoms with E-state index in [2.05, 4.69) is 112 Å². The number of unbranched alkanes of at least 4 members (excludes halogenated alkanes) is 20. The van der Waals surface area contributed by atoms with E-state index < -0.39 is 6.10 Å². The zero-order chi connectivity index (χ0) is 47.2. The lowest BCUT2D eigenvalue weighted by Crippen LogP contribution is -2.30. The summed E-state index contributed by atoms with van der Waals surface area (Å²) in [5, 5.41) is 0. The summed E-state index contributed by atoms with van der Waals surface area (Å²) in [5.41, 5.74) is 0. The van der Waals surface area contributed by atoms with Crippen LogP contribution in [0.3, 0.4) is 0 Å². The van der Waals surface area contributed by atoms with Crippen molar-refractivity contribution < 1.29 is 28.6 Å². The summed E-state index contributed by atoms with van der Waals surface area (Å²) in [6.07, 6.45) is 69.8. The lowest BCUT2D eigenvalue weighted by molar-refractivity contribution is -0.166. The van der Waals surface area contributed by atoms with Crippen LogP contribution in [0.2, 0.25) is 0 Å². The third-order valence-corrected chi connectivity index (χ3v) is 11.0. The molecule has 0 aliphatic rings. The fourth-order valence-corrected chi connectivity index (χ4v) is 6.99. The molecule has 0 saturated heterocycles. The maximum absolute atomic E-state index is 12.8. The summed E-state index contributed by atoms with van der Waals surface area (Å²) >= 11 is 0. The number of ether oxygens (including phenoxy) is 3. The number of rotatable bonds is 47. The number of esters is 3. The van der Waals surface area contributed by atoms with Gasteiger partial charge in [-0.1, -0.05) is 208 Å². The Morgan fingerprint density at radius 2 is 0.600 bits per heavy atom. The summed E-state index contributed by atoms with van der Waals surface area (Å²) in [6.45, 7) is 6.46. The van der Waals surface area contributed by atoms with Gasteiger partial charge in [0.15, 0.2) is 6.10 Å². The van der Waals surface area contributed by atoms with E-state index in [1.165, 1.54) is 116 Å². The van der Waals surface area contributed by atoms with E-state index in [-0.39, 0.29) is 44.0 Å². The maximum atomic E-state index is 12.8. The van der Waals surface area contributed by atoms with Gasteiger partial charge in [-0.2, -0.15) is 0 Å². The van der Waals surface area contributed by atoms with Crippen molar-refractivity contribution in [2.45, 2.75) is 245 Å². The molecule has 370 valence electrons. The van der Waals surface area contributed by atoms with Crippen LogP contribution in [-0.4, -0.2) is 37.2 Å². The van der Waals surface area contributed by atoms with Gasteiger partial charge in [0.25, 0.3) is 0 Å². The molecule has 0 fully saturated rings. The number of carbonyl (C=O) groups is 3. The second-order valence-corrected chi connectivity index (χ2v) is 17.4. The first-order chi connectivity index (χ1) is 32.0. The van der Waals surface area contributed by atoms with Gasteiger partial charge in [-0.3, -0.25) is 14.4 Å². The number of hydrogen-bond donors (Lipinski definition) is 0. The van der Waals surface area contributed by atoms with Crippen molar-refractivity contribution in [2.24, 2.45) is 0 Å². The van der Waals surface area contributed by atoms with Crippen LogP contribution in [0.25, 0.3) is 0 Å². The molecule has 0 aromatic rings. The standard InChI is InChI=1S/C59H98O6/c1-4-7-10-13-16-19-22-25-27-29-31-34-37-40-43-46-49-52-58(61)64-55-56(54-63-57(60)51-48-45-42-39-36-33-24-21-18-15-12-9-6-3)65-59(62)53-50-47-44-41-38-35-32-30-28-26-23-20-17-14-11-8-5-2/h16-17,19-20,25-28,31,33-34,36,40,42-43,45,56H,4-15,18,21-24,29-30,32,35,37-39,41,44,46-55H2,1-3H3/b19-16-,20-17-,27-25-,28-26-,34-31-,36-33-,43-40-,45-42-. The average molecular weight is 903 g/mol. The van der Waals surface area contributed by atoms with Gasteiger partial charge in [0, 0.05) is 19.3 Å². The monoisotopic (exact) mass is 903 g/mol. The summed E-state index contributed by atoms with van der Waals surface area (Å²) in [7, 11) is 0. The Morgan fingerprint density at radius 3 is 1.03 bits per heavy atom. The molecule has 1 atom stereocenters. The van der Waals surface area contributed by atoms with Crippen molar-refractivity contribution >= 4 is 17.9 Å². The molecule has 0 rings (SSSR count). The van der Waals surface area contributed by atoms with Gasteiger partial charge in [-0.25, -0.2) is 0 Å². The normalized spacial score (nSPS) is 12.8. The minimum absolute atomic E-state index is 0.127. The van der Waals surface area contributed by atoms with E-state index in [0.717, 1.165) is 70.6 Å². The summed E-state index contributed by atoms with van der Waals surface area (Å²) in [6, 6.07) is 0. The first-order valence-electron chi connectivity index (χ1n) is 26.7. The summed E-state index contributed by atoms with van der Waals surface area (Å²) < 4.78 is 16.7. The zero-order valence-corrected chi connectivity index (χ0v) is 42.2. The molecule has 1 unspecified atom stereocenters. The molecule has 0 N–H and O–H groups in total. The van der Waals surface area contributed by atoms with E-state index in [9.17, 15) is 14.4 Å². The Morgan fingerprint density at radius 1 is 0.308 bits per heavy atom. The fraction of sp³-hybridized carbons (Fsp3) is 0.678. The van der Waals surface area contributed by atoms with Gasteiger partial charge >= 0.3 is 17.9 Å². The van der Waals surface area contributed by atoms with Crippen molar-refractivity contribution in [1.29, 1.82) is 0 Å². The minimum atomic E-state index is -0.827. The van der Waals surface area contributed by atoms with Gasteiger partial charge in [-0.15, -0.1) is 0 Å². The third-order valence-electron chi connectivity index (χ3n) is 11.0. The SMILES string of the molecule is CCCCC/C=C\C/C=C\C/C=C\C/C=C\CCCC(=O)OCC(COC(=O)CC/C=C\C/C=C\CCCCCCCC)OC(=O)CCCCCCCCC/C=C\C/C=C\CCCCC. The van der Waals surface area contributed by atoms with Crippen LogP contribution in [0, 0.1) is 0 Å².